The van der Waals surface area contributed by atoms with Gasteiger partial charge in [-0.1, -0.05) is 20.8 Å². The number of nitrogens with two attached hydrogens (primary N) is 1. The van der Waals surface area contributed by atoms with Crippen LogP contribution in [-0.2, 0) is 10.2 Å². The van der Waals surface area contributed by atoms with Crippen molar-refractivity contribution in [1.29, 1.82) is 0 Å². The molecule has 2 N–H and O–H groups in total. The van der Waals surface area contributed by atoms with E-state index in [1.165, 1.54) is 5.52 Å². The van der Waals surface area contributed by atoms with Gasteiger partial charge in [-0.25, -0.2) is 4.98 Å². The van der Waals surface area contributed by atoms with E-state index in [1.807, 2.05) is 12.1 Å². The number of fused-ring (bicyclic) bond motifs is 1. The second kappa shape index (κ2) is 5.02. The molecule has 2 unspecified atom stereocenters. The molecule has 2 heterocycles. The summed E-state index contributed by atoms with van der Waals surface area (Å²) >= 11 is 0. The number of hydrogen-bond donors (Lipinski definition) is 1. The zero-order valence-electron chi connectivity index (χ0n) is 13.4. The van der Waals surface area contributed by atoms with Crippen LogP contribution in [0.5, 0.6) is 0 Å². The maximum atomic E-state index is 5.92. The molecular formula is C17H25N3O. The smallest absolute Gasteiger partial charge is 0.115 e. The summed E-state index contributed by atoms with van der Waals surface area (Å²) in [7, 11) is 0. The van der Waals surface area contributed by atoms with Gasteiger partial charge in [-0.05, 0) is 38.0 Å². The Morgan fingerprint density at radius 1 is 1.33 bits per heavy atom. The molecule has 21 heavy (non-hydrogen) atoms. The molecule has 3 rings (SSSR count). The summed E-state index contributed by atoms with van der Waals surface area (Å²) in [6.07, 6.45) is 2.39. The molecule has 0 radical (unpaired) electrons. The van der Waals surface area contributed by atoms with Crippen LogP contribution in [0.3, 0.4) is 0 Å². The normalized spacial score (nSPS) is 23.6. The molecule has 1 saturated heterocycles. The molecule has 4 nitrogen and oxygen atoms in total. The molecular weight excluding hydrogens is 262 g/mol. The van der Waals surface area contributed by atoms with E-state index in [1.54, 1.807) is 0 Å². The number of anilines is 1. The number of imidazole rings is 1. The average Bonchev–Trinajstić information content (AvgIpc) is 2.77. The number of ether oxygens (including phenoxy) is 1. The Labute approximate surface area is 126 Å². The van der Waals surface area contributed by atoms with Crippen LogP contribution < -0.4 is 5.73 Å². The summed E-state index contributed by atoms with van der Waals surface area (Å²) in [4.78, 5) is 4.89. The molecule has 0 spiro atoms. The van der Waals surface area contributed by atoms with Crippen LogP contribution in [0.1, 0.15) is 52.4 Å². The van der Waals surface area contributed by atoms with Gasteiger partial charge in [-0.15, -0.1) is 0 Å². The standard InChI is InChI=1S/C17H25N3O/c1-11-9-13(7-8-21-11)20-15-6-5-12(18)10-14(15)19-16(20)17(2,3)4/h5-6,10-11,13H,7-9,18H2,1-4H3. The van der Waals surface area contributed by atoms with E-state index in [2.05, 4.69) is 38.3 Å². The fourth-order valence-corrected chi connectivity index (χ4v) is 3.22. The minimum atomic E-state index is 0.00925. The van der Waals surface area contributed by atoms with Gasteiger partial charge in [-0.3, -0.25) is 0 Å². The predicted molar refractivity (Wildman–Crippen MR) is 86.5 cm³/mol. The average molecular weight is 287 g/mol. The molecule has 0 saturated carbocycles. The lowest BCUT2D eigenvalue weighted by atomic mass is 9.94. The minimum Gasteiger partial charge on any atom is -0.399 e. The topological polar surface area (TPSA) is 53.1 Å². The largest absolute Gasteiger partial charge is 0.399 e. The van der Waals surface area contributed by atoms with Gasteiger partial charge in [0.15, 0.2) is 0 Å². The molecule has 0 amide bonds. The maximum Gasteiger partial charge on any atom is 0.115 e. The van der Waals surface area contributed by atoms with Gasteiger partial charge < -0.3 is 15.0 Å². The minimum absolute atomic E-state index is 0.00925. The lowest BCUT2D eigenvalue weighted by Gasteiger charge is -2.32. The van der Waals surface area contributed by atoms with E-state index in [0.29, 0.717) is 12.1 Å². The van der Waals surface area contributed by atoms with Crippen LogP contribution in [0.15, 0.2) is 18.2 Å². The SMILES string of the molecule is CC1CC(n2c(C(C)(C)C)nc3cc(N)ccc32)CCO1. The molecule has 2 atom stereocenters. The predicted octanol–water partition coefficient (Wildman–Crippen LogP) is 3.66. The molecule has 4 heteroatoms. The van der Waals surface area contributed by atoms with Crippen LogP contribution >= 0.6 is 0 Å². The second-order valence-corrected chi connectivity index (χ2v) is 7.16. The summed E-state index contributed by atoms with van der Waals surface area (Å²) in [5.74, 6) is 1.14. The zero-order chi connectivity index (χ0) is 15.2. The van der Waals surface area contributed by atoms with Crippen LogP contribution in [0, 0.1) is 0 Å². The van der Waals surface area contributed by atoms with E-state index in [9.17, 15) is 0 Å². The van der Waals surface area contributed by atoms with Gasteiger partial charge in [0.2, 0.25) is 0 Å². The highest BCUT2D eigenvalue weighted by Crippen LogP contribution is 2.35. The van der Waals surface area contributed by atoms with Crippen molar-refractivity contribution >= 4 is 16.7 Å². The first-order chi connectivity index (χ1) is 9.86. The van der Waals surface area contributed by atoms with Crippen molar-refractivity contribution in [2.45, 2.75) is 58.1 Å². The monoisotopic (exact) mass is 287 g/mol. The molecule has 114 valence electrons. The Kier molecular flexibility index (Phi) is 3.44. The number of aromatic nitrogens is 2. The molecule has 1 fully saturated rings. The Bertz CT molecular complexity index is 654. The quantitative estimate of drug-likeness (QED) is 0.814. The third kappa shape index (κ3) is 2.64. The lowest BCUT2D eigenvalue weighted by Crippen LogP contribution is -2.29. The highest BCUT2D eigenvalue weighted by Gasteiger charge is 2.29. The van der Waals surface area contributed by atoms with Crippen molar-refractivity contribution in [3.63, 3.8) is 0 Å². The van der Waals surface area contributed by atoms with Gasteiger partial charge in [0.1, 0.15) is 5.82 Å². The van der Waals surface area contributed by atoms with Crippen LogP contribution in [0.2, 0.25) is 0 Å². The maximum absolute atomic E-state index is 5.92. The fraction of sp³-hybridized carbons (Fsp3) is 0.588. The fourth-order valence-electron chi connectivity index (χ4n) is 3.22. The third-order valence-electron chi connectivity index (χ3n) is 4.21. The molecule has 0 aliphatic carbocycles. The Balaban J connectivity index is 2.18. The Morgan fingerprint density at radius 3 is 2.76 bits per heavy atom. The first-order valence-corrected chi connectivity index (χ1v) is 7.76. The first kappa shape index (κ1) is 14.4. The molecule has 0 bridgehead atoms. The van der Waals surface area contributed by atoms with E-state index < -0.39 is 0 Å². The van der Waals surface area contributed by atoms with Gasteiger partial charge >= 0.3 is 0 Å². The highest BCUT2D eigenvalue weighted by molar-refractivity contribution is 5.80. The van der Waals surface area contributed by atoms with Gasteiger partial charge in [-0.2, -0.15) is 0 Å². The second-order valence-electron chi connectivity index (χ2n) is 7.16. The Hall–Kier alpha value is -1.55. The molecule has 1 aliphatic heterocycles. The van der Waals surface area contributed by atoms with Gasteiger partial charge in [0.25, 0.3) is 0 Å². The van der Waals surface area contributed by atoms with Crippen molar-refractivity contribution in [2.75, 3.05) is 12.3 Å². The summed E-state index contributed by atoms with van der Waals surface area (Å²) in [5.41, 5.74) is 8.89. The molecule has 1 aliphatic rings. The number of nitrogen functional groups attached to an aromatic ring is 1. The summed E-state index contributed by atoms with van der Waals surface area (Å²) in [6, 6.07) is 6.50. The zero-order valence-corrected chi connectivity index (χ0v) is 13.4. The first-order valence-electron chi connectivity index (χ1n) is 7.76. The molecule has 2 aromatic rings. The van der Waals surface area contributed by atoms with E-state index in [0.717, 1.165) is 36.5 Å². The number of rotatable bonds is 1. The number of nitrogens with zero attached hydrogens (tertiary/aromatic N) is 2. The van der Waals surface area contributed by atoms with E-state index >= 15 is 0 Å². The lowest BCUT2D eigenvalue weighted by molar-refractivity contribution is 0.00576. The van der Waals surface area contributed by atoms with Crippen molar-refractivity contribution in [1.82, 2.24) is 9.55 Å². The highest BCUT2D eigenvalue weighted by atomic mass is 16.5. The van der Waals surface area contributed by atoms with Crippen molar-refractivity contribution in [3.05, 3.63) is 24.0 Å². The summed E-state index contributed by atoms with van der Waals surface area (Å²) < 4.78 is 8.13. The van der Waals surface area contributed by atoms with Crippen molar-refractivity contribution in [3.8, 4) is 0 Å². The van der Waals surface area contributed by atoms with Gasteiger partial charge in [0, 0.05) is 23.8 Å². The van der Waals surface area contributed by atoms with Crippen molar-refractivity contribution < 1.29 is 4.74 Å². The molecule has 1 aromatic carbocycles. The third-order valence-corrected chi connectivity index (χ3v) is 4.21. The van der Waals surface area contributed by atoms with E-state index in [-0.39, 0.29) is 5.41 Å². The van der Waals surface area contributed by atoms with E-state index in [4.69, 9.17) is 15.5 Å². The number of benzene rings is 1. The molecule has 1 aromatic heterocycles. The Morgan fingerprint density at radius 2 is 2.10 bits per heavy atom. The van der Waals surface area contributed by atoms with Gasteiger partial charge in [0.05, 0.1) is 17.1 Å². The summed E-state index contributed by atoms with van der Waals surface area (Å²) in [6.45, 7) is 9.63. The van der Waals surface area contributed by atoms with Crippen LogP contribution in [-0.4, -0.2) is 22.3 Å². The number of hydrogen-bond acceptors (Lipinski definition) is 3. The van der Waals surface area contributed by atoms with Crippen molar-refractivity contribution in [2.24, 2.45) is 0 Å². The van der Waals surface area contributed by atoms with Crippen LogP contribution in [0.25, 0.3) is 11.0 Å². The summed E-state index contributed by atoms with van der Waals surface area (Å²) in [5, 5.41) is 0. The van der Waals surface area contributed by atoms with Crippen LogP contribution in [0.4, 0.5) is 5.69 Å².